The van der Waals surface area contributed by atoms with Crippen LogP contribution in [0.15, 0.2) is 0 Å². The summed E-state index contributed by atoms with van der Waals surface area (Å²) in [5.41, 5.74) is 0. The van der Waals surface area contributed by atoms with E-state index in [1.54, 1.807) is 4.90 Å². The number of aromatic nitrogens is 4. The highest BCUT2D eigenvalue weighted by Gasteiger charge is 2.32. The summed E-state index contributed by atoms with van der Waals surface area (Å²) in [6, 6.07) is 0.946. The molecule has 1 saturated carbocycles. The normalized spacial score (nSPS) is 32.6. The second kappa shape index (κ2) is 7.23. The standard InChI is InChI=1S/C16H28N6O/c1-2-5-14(4-1)21-9-7-20(8-10-21)13-16-17-18-19-22(16)12-15-6-3-11-23-15/h14-15H,1-13H2/p+2/t15-/m1/s1. The molecule has 2 aliphatic heterocycles. The molecule has 1 aliphatic carbocycles. The SMILES string of the molecule is C1CCC([NH+]2CC[NH+](Cc3nnnn3C[C@H]3CCCO3)CC2)C1. The van der Waals surface area contributed by atoms with E-state index < -0.39 is 0 Å². The third-order valence-corrected chi connectivity index (χ3v) is 5.95. The van der Waals surface area contributed by atoms with E-state index in [-0.39, 0.29) is 0 Å². The quantitative estimate of drug-likeness (QED) is 0.663. The summed E-state index contributed by atoms with van der Waals surface area (Å²) in [6.07, 6.45) is 8.39. The second-order valence-corrected chi connectivity index (χ2v) is 7.48. The van der Waals surface area contributed by atoms with Gasteiger partial charge >= 0.3 is 0 Å². The fourth-order valence-corrected chi connectivity index (χ4v) is 4.54. The van der Waals surface area contributed by atoms with E-state index in [9.17, 15) is 0 Å². The number of tetrazole rings is 1. The van der Waals surface area contributed by atoms with E-state index in [0.29, 0.717) is 6.10 Å². The predicted octanol–water partition coefficient (Wildman–Crippen LogP) is -1.92. The van der Waals surface area contributed by atoms with Crippen molar-refractivity contribution in [1.29, 1.82) is 0 Å². The number of hydrogen-bond acceptors (Lipinski definition) is 4. The lowest BCUT2D eigenvalue weighted by Crippen LogP contribution is -3.29. The Hall–Kier alpha value is -1.05. The molecule has 0 aromatic carbocycles. The van der Waals surface area contributed by atoms with Gasteiger partial charge in [-0.05, 0) is 49.0 Å². The summed E-state index contributed by atoms with van der Waals surface area (Å²) in [5.74, 6) is 1.03. The maximum Gasteiger partial charge on any atom is 0.206 e. The van der Waals surface area contributed by atoms with Gasteiger partial charge in [0.05, 0.1) is 18.7 Å². The lowest BCUT2D eigenvalue weighted by Gasteiger charge is -2.32. The Bertz CT molecular complexity index is 487. The van der Waals surface area contributed by atoms with Crippen molar-refractivity contribution in [3.63, 3.8) is 0 Å². The van der Waals surface area contributed by atoms with E-state index in [0.717, 1.165) is 38.0 Å². The number of hydrogen-bond donors (Lipinski definition) is 2. The first-order valence-electron chi connectivity index (χ1n) is 9.43. The number of rotatable bonds is 5. The van der Waals surface area contributed by atoms with Crippen molar-refractivity contribution in [2.45, 2.75) is 63.8 Å². The molecular weight excluding hydrogens is 292 g/mol. The molecule has 1 atom stereocenters. The Labute approximate surface area is 138 Å². The minimum atomic E-state index is 0.302. The highest BCUT2D eigenvalue weighted by Crippen LogP contribution is 2.15. The van der Waals surface area contributed by atoms with E-state index in [2.05, 4.69) is 15.5 Å². The van der Waals surface area contributed by atoms with Crippen molar-refractivity contribution >= 4 is 0 Å². The summed E-state index contributed by atoms with van der Waals surface area (Å²) in [7, 11) is 0. The minimum absolute atomic E-state index is 0.302. The molecule has 3 aliphatic rings. The van der Waals surface area contributed by atoms with Crippen LogP contribution in [0.25, 0.3) is 0 Å². The Morgan fingerprint density at radius 2 is 1.87 bits per heavy atom. The van der Waals surface area contributed by atoms with E-state index >= 15 is 0 Å². The summed E-state index contributed by atoms with van der Waals surface area (Å²) in [4.78, 5) is 3.49. The molecule has 3 fully saturated rings. The van der Waals surface area contributed by atoms with Gasteiger partial charge in [0.25, 0.3) is 0 Å². The van der Waals surface area contributed by atoms with Crippen molar-refractivity contribution < 1.29 is 14.5 Å². The van der Waals surface area contributed by atoms with Crippen LogP contribution in [0.3, 0.4) is 0 Å². The van der Waals surface area contributed by atoms with Gasteiger partial charge in [-0.1, -0.05) is 0 Å². The van der Waals surface area contributed by atoms with Gasteiger partial charge < -0.3 is 14.5 Å². The number of quaternary nitrogens is 2. The fourth-order valence-electron chi connectivity index (χ4n) is 4.54. The molecule has 7 heteroatoms. The van der Waals surface area contributed by atoms with Crippen LogP contribution >= 0.6 is 0 Å². The molecule has 0 radical (unpaired) electrons. The van der Waals surface area contributed by atoms with Gasteiger partial charge in [-0.15, -0.1) is 5.10 Å². The van der Waals surface area contributed by atoms with Crippen LogP contribution in [0.5, 0.6) is 0 Å². The van der Waals surface area contributed by atoms with Crippen molar-refractivity contribution in [3.8, 4) is 0 Å². The summed E-state index contributed by atoms with van der Waals surface area (Å²) in [5, 5.41) is 12.3. The first kappa shape index (κ1) is 15.5. The van der Waals surface area contributed by atoms with Crippen LogP contribution in [0.2, 0.25) is 0 Å². The number of piperazine rings is 1. The van der Waals surface area contributed by atoms with Gasteiger partial charge in [0.15, 0.2) is 0 Å². The van der Waals surface area contributed by atoms with Gasteiger partial charge in [-0.3, -0.25) is 0 Å². The molecule has 1 aromatic rings. The highest BCUT2D eigenvalue weighted by molar-refractivity contribution is 4.79. The topological polar surface area (TPSA) is 61.7 Å². The Morgan fingerprint density at radius 1 is 1.04 bits per heavy atom. The zero-order valence-electron chi connectivity index (χ0n) is 14.0. The number of ether oxygens (including phenoxy) is 1. The lowest BCUT2D eigenvalue weighted by molar-refractivity contribution is -1.03. The Kier molecular flexibility index (Phi) is 4.87. The summed E-state index contributed by atoms with van der Waals surface area (Å²) >= 11 is 0. The van der Waals surface area contributed by atoms with Crippen molar-refractivity contribution in [2.24, 2.45) is 0 Å². The summed E-state index contributed by atoms with van der Waals surface area (Å²) < 4.78 is 7.69. The zero-order valence-corrected chi connectivity index (χ0v) is 14.0. The molecule has 0 spiro atoms. The van der Waals surface area contributed by atoms with E-state index in [4.69, 9.17) is 4.74 Å². The Morgan fingerprint density at radius 3 is 2.61 bits per heavy atom. The number of nitrogens with one attached hydrogen (secondary N) is 2. The molecule has 1 aromatic heterocycles. The molecule has 4 rings (SSSR count). The highest BCUT2D eigenvalue weighted by atomic mass is 16.5. The van der Waals surface area contributed by atoms with Crippen molar-refractivity contribution in [2.75, 3.05) is 32.8 Å². The maximum atomic E-state index is 5.72. The molecule has 2 N–H and O–H groups in total. The average molecular weight is 322 g/mol. The van der Waals surface area contributed by atoms with Gasteiger partial charge in [0.2, 0.25) is 5.82 Å². The van der Waals surface area contributed by atoms with Gasteiger partial charge in [-0.25, -0.2) is 4.68 Å². The van der Waals surface area contributed by atoms with Crippen molar-refractivity contribution in [1.82, 2.24) is 20.2 Å². The molecule has 0 unspecified atom stereocenters. The molecule has 0 amide bonds. The first-order chi connectivity index (χ1) is 11.4. The molecular formula is C16H30N6O+2. The molecule has 0 bridgehead atoms. The average Bonchev–Trinajstić information content (AvgIpc) is 3.32. The minimum Gasteiger partial charge on any atom is -0.376 e. The van der Waals surface area contributed by atoms with E-state index in [1.165, 1.54) is 58.3 Å². The smallest absolute Gasteiger partial charge is 0.206 e. The molecule has 2 saturated heterocycles. The molecule has 3 heterocycles. The maximum absolute atomic E-state index is 5.72. The van der Waals surface area contributed by atoms with Gasteiger partial charge in [-0.2, -0.15) is 0 Å². The van der Waals surface area contributed by atoms with Crippen LogP contribution in [0.4, 0.5) is 0 Å². The monoisotopic (exact) mass is 322 g/mol. The van der Waals surface area contributed by atoms with Crippen LogP contribution in [-0.2, 0) is 17.8 Å². The van der Waals surface area contributed by atoms with Gasteiger partial charge in [0, 0.05) is 6.61 Å². The largest absolute Gasteiger partial charge is 0.376 e. The third kappa shape index (κ3) is 3.72. The number of nitrogens with zero attached hydrogens (tertiary/aromatic N) is 4. The lowest BCUT2D eigenvalue weighted by atomic mass is 10.2. The van der Waals surface area contributed by atoms with Crippen LogP contribution in [-0.4, -0.2) is 65.1 Å². The molecule has 23 heavy (non-hydrogen) atoms. The van der Waals surface area contributed by atoms with Crippen molar-refractivity contribution in [3.05, 3.63) is 5.82 Å². The van der Waals surface area contributed by atoms with Crippen LogP contribution in [0.1, 0.15) is 44.3 Å². The summed E-state index contributed by atoms with van der Waals surface area (Å²) in [6.45, 7) is 7.78. The Balaban J connectivity index is 1.28. The first-order valence-corrected chi connectivity index (χ1v) is 9.43. The van der Waals surface area contributed by atoms with Gasteiger partial charge in [0.1, 0.15) is 32.7 Å². The van der Waals surface area contributed by atoms with Crippen LogP contribution < -0.4 is 9.80 Å². The fraction of sp³-hybridized carbons (Fsp3) is 0.938. The predicted molar refractivity (Wildman–Crippen MR) is 84.1 cm³/mol. The zero-order chi connectivity index (χ0) is 15.5. The second-order valence-electron chi connectivity index (χ2n) is 7.48. The van der Waals surface area contributed by atoms with Crippen LogP contribution in [0, 0.1) is 0 Å². The van der Waals surface area contributed by atoms with E-state index in [1.807, 2.05) is 9.58 Å². The third-order valence-electron chi connectivity index (χ3n) is 5.95. The molecule has 128 valence electrons. The molecule has 7 nitrogen and oxygen atoms in total.